The fourth-order valence-electron chi connectivity index (χ4n) is 0.531. The van der Waals surface area contributed by atoms with Gasteiger partial charge < -0.3 is 0 Å². The average molecular weight is 133 g/mol. The maximum Gasteiger partial charge on any atom is 0.238 e. The van der Waals surface area contributed by atoms with Gasteiger partial charge in [0.25, 0.3) is 0 Å². The molecule has 1 aliphatic rings. The summed E-state index contributed by atoms with van der Waals surface area (Å²) >= 11 is 0. The third-order valence-electron chi connectivity index (χ3n) is 1.10. The zero-order valence-corrected chi connectivity index (χ0v) is 5.33. The third-order valence-corrected chi connectivity index (χ3v) is 2.70. The lowest BCUT2D eigenvalue weighted by molar-refractivity contribution is 0.577. The van der Waals surface area contributed by atoms with Crippen molar-refractivity contribution >= 4 is 10.0 Å². The first-order valence-electron chi connectivity index (χ1n) is 2.31. The first kappa shape index (κ1) is 5.78. The summed E-state index contributed by atoms with van der Waals surface area (Å²) in [5, 5.41) is 0. The molecular weight excluding hydrogens is 126 g/mol. The SMILES string of the molecule is C/C=C1\CNS1(=O)=O. The molecule has 3 nitrogen and oxygen atoms in total. The Kier molecular flexibility index (Phi) is 1.13. The second kappa shape index (κ2) is 1.56. The van der Waals surface area contributed by atoms with E-state index in [0.29, 0.717) is 11.4 Å². The van der Waals surface area contributed by atoms with Crippen LogP contribution < -0.4 is 4.72 Å². The van der Waals surface area contributed by atoms with Gasteiger partial charge in [-0.15, -0.1) is 0 Å². The molecule has 1 N–H and O–H groups in total. The highest BCUT2D eigenvalue weighted by molar-refractivity contribution is 7.94. The molecule has 0 radical (unpaired) electrons. The summed E-state index contributed by atoms with van der Waals surface area (Å²) in [5.74, 6) is 0. The topological polar surface area (TPSA) is 46.2 Å². The van der Waals surface area contributed by atoms with Crippen molar-refractivity contribution in [1.29, 1.82) is 0 Å². The smallest absolute Gasteiger partial charge is 0.207 e. The average Bonchev–Trinajstić information content (AvgIpc) is 1.66. The van der Waals surface area contributed by atoms with Crippen molar-refractivity contribution in [3.8, 4) is 0 Å². The first-order valence-corrected chi connectivity index (χ1v) is 3.80. The molecule has 1 heterocycles. The van der Waals surface area contributed by atoms with Crippen LogP contribution in [-0.4, -0.2) is 15.0 Å². The third kappa shape index (κ3) is 0.656. The van der Waals surface area contributed by atoms with Gasteiger partial charge in [0, 0.05) is 6.54 Å². The van der Waals surface area contributed by atoms with Gasteiger partial charge in [0.1, 0.15) is 0 Å². The van der Waals surface area contributed by atoms with Crippen molar-refractivity contribution < 1.29 is 8.42 Å². The van der Waals surface area contributed by atoms with E-state index in [1.54, 1.807) is 13.0 Å². The van der Waals surface area contributed by atoms with E-state index in [1.807, 2.05) is 0 Å². The standard InChI is InChI=1S/C4H7NO2S/c1-2-4-3-5-8(4,6)7/h2,5H,3H2,1H3/b4-2+. The van der Waals surface area contributed by atoms with Crippen LogP contribution in [-0.2, 0) is 10.0 Å². The molecule has 0 aromatic heterocycles. The van der Waals surface area contributed by atoms with E-state index in [2.05, 4.69) is 4.72 Å². The van der Waals surface area contributed by atoms with Crippen LogP contribution in [0.4, 0.5) is 0 Å². The Hall–Kier alpha value is -0.350. The summed E-state index contributed by atoms with van der Waals surface area (Å²) in [6.45, 7) is 2.21. The van der Waals surface area contributed by atoms with Crippen molar-refractivity contribution in [2.45, 2.75) is 6.92 Å². The number of sulfonamides is 1. The van der Waals surface area contributed by atoms with E-state index in [-0.39, 0.29) is 0 Å². The van der Waals surface area contributed by atoms with Gasteiger partial charge in [-0.2, -0.15) is 0 Å². The molecule has 0 unspecified atom stereocenters. The summed E-state index contributed by atoms with van der Waals surface area (Å²) in [7, 11) is -2.96. The van der Waals surface area contributed by atoms with Gasteiger partial charge in [-0.1, -0.05) is 6.08 Å². The van der Waals surface area contributed by atoms with Crippen molar-refractivity contribution in [2.24, 2.45) is 0 Å². The number of hydrogen-bond donors (Lipinski definition) is 1. The Morgan fingerprint density at radius 1 is 1.75 bits per heavy atom. The van der Waals surface area contributed by atoms with Crippen LogP contribution in [0.1, 0.15) is 6.92 Å². The second-order valence-corrected chi connectivity index (χ2v) is 3.40. The van der Waals surface area contributed by atoms with Crippen LogP contribution in [0.5, 0.6) is 0 Å². The molecule has 1 saturated heterocycles. The minimum atomic E-state index is -2.96. The largest absolute Gasteiger partial charge is 0.238 e. The molecule has 4 heteroatoms. The number of allylic oxidation sites excluding steroid dienone is 1. The Morgan fingerprint density at radius 3 is 2.38 bits per heavy atom. The predicted molar refractivity (Wildman–Crippen MR) is 30.7 cm³/mol. The lowest BCUT2D eigenvalue weighted by Crippen LogP contribution is -2.40. The van der Waals surface area contributed by atoms with E-state index >= 15 is 0 Å². The molecule has 0 spiro atoms. The van der Waals surface area contributed by atoms with E-state index in [4.69, 9.17) is 0 Å². The van der Waals surface area contributed by atoms with Crippen molar-refractivity contribution in [2.75, 3.05) is 6.54 Å². The van der Waals surface area contributed by atoms with Gasteiger partial charge in [0.2, 0.25) is 10.0 Å². The molecule has 0 aromatic rings. The van der Waals surface area contributed by atoms with E-state index in [0.717, 1.165) is 0 Å². The van der Waals surface area contributed by atoms with Crippen molar-refractivity contribution in [1.82, 2.24) is 4.72 Å². The van der Waals surface area contributed by atoms with Crippen LogP contribution >= 0.6 is 0 Å². The number of rotatable bonds is 0. The van der Waals surface area contributed by atoms with Gasteiger partial charge in [-0.25, -0.2) is 13.1 Å². The molecule has 8 heavy (non-hydrogen) atoms. The van der Waals surface area contributed by atoms with E-state index in [9.17, 15) is 8.42 Å². The maximum absolute atomic E-state index is 10.5. The van der Waals surface area contributed by atoms with Crippen LogP contribution in [0.25, 0.3) is 0 Å². The summed E-state index contributed by atoms with van der Waals surface area (Å²) < 4.78 is 23.2. The highest BCUT2D eigenvalue weighted by Gasteiger charge is 2.25. The molecule has 1 fully saturated rings. The highest BCUT2D eigenvalue weighted by atomic mass is 32.2. The van der Waals surface area contributed by atoms with Gasteiger partial charge in [0.15, 0.2) is 0 Å². The normalized spacial score (nSPS) is 29.9. The van der Waals surface area contributed by atoms with Gasteiger partial charge in [-0.3, -0.25) is 0 Å². The zero-order chi connectivity index (χ0) is 6.20. The van der Waals surface area contributed by atoms with Crippen LogP contribution in [0.2, 0.25) is 0 Å². The minimum Gasteiger partial charge on any atom is -0.207 e. The lowest BCUT2D eigenvalue weighted by atomic mass is 10.5. The molecule has 0 bridgehead atoms. The number of hydrogen-bond acceptors (Lipinski definition) is 2. The van der Waals surface area contributed by atoms with Crippen molar-refractivity contribution in [3.63, 3.8) is 0 Å². The van der Waals surface area contributed by atoms with Gasteiger partial charge in [0.05, 0.1) is 4.91 Å². The maximum atomic E-state index is 10.5. The second-order valence-electron chi connectivity index (χ2n) is 1.58. The molecular formula is C4H7NO2S. The molecule has 46 valence electrons. The molecule has 1 rings (SSSR count). The fourth-order valence-corrected chi connectivity index (χ4v) is 1.39. The Morgan fingerprint density at radius 2 is 2.38 bits per heavy atom. The summed E-state index contributed by atoms with van der Waals surface area (Å²) in [6.07, 6.45) is 1.60. The lowest BCUT2D eigenvalue weighted by Gasteiger charge is -2.17. The minimum absolute atomic E-state index is 0.498. The fraction of sp³-hybridized carbons (Fsp3) is 0.500. The Balaban J connectivity index is 2.96. The van der Waals surface area contributed by atoms with Gasteiger partial charge >= 0.3 is 0 Å². The first-order chi connectivity index (χ1) is 3.67. The van der Waals surface area contributed by atoms with E-state index < -0.39 is 10.0 Å². The van der Waals surface area contributed by atoms with Gasteiger partial charge in [-0.05, 0) is 6.92 Å². The molecule has 0 amide bonds. The summed E-state index contributed by atoms with van der Waals surface area (Å²) in [4.78, 5) is 0.498. The molecule has 0 aromatic carbocycles. The number of nitrogens with one attached hydrogen (secondary N) is 1. The highest BCUT2D eigenvalue weighted by Crippen LogP contribution is 2.11. The summed E-state index contributed by atoms with van der Waals surface area (Å²) in [5.41, 5.74) is 0. The molecule has 0 atom stereocenters. The zero-order valence-electron chi connectivity index (χ0n) is 4.51. The summed E-state index contributed by atoms with van der Waals surface area (Å²) in [6, 6.07) is 0. The predicted octanol–water partition coefficient (Wildman–Crippen LogP) is -0.177. The quantitative estimate of drug-likeness (QED) is 0.498. The van der Waals surface area contributed by atoms with Crippen molar-refractivity contribution in [3.05, 3.63) is 11.0 Å². The molecule has 0 aliphatic carbocycles. The Labute approximate surface area is 48.4 Å². The van der Waals surface area contributed by atoms with E-state index in [1.165, 1.54) is 0 Å². The van der Waals surface area contributed by atoms with Crippen LogP contribution in [0.3, 0.4) is 0 Å². The molecule has 1 aliphatic heterocycles. The van der Waals surface area contributed by atoms with Crippen LogP contribution in [0, 0.1) is 0 Å². The molecule has 0 saturated carbocycles. The monoisotopic (exact) mass is 133 g/mol. The Bertz CT molecular complexity index is 214. The van der Waals surface area contributed by atoms with Crippen LogP contribution in [0.15, 0.2) is 11.0 Å².